The lowest BCUT2D eigenvalue weighted by atomic mass is 9.77. The average Bonchev–Trinajstić information content (AvgIpc) is 2.55. The molecule has 1 atom stereocenters. The lowest BCUT2D eigenvalue weighted by Gasteiger charge is -2.44. The summed E-state index contributed by atoms with van der Waals surface area (Å²) in [5.74, 6) is 0.636. The van der Waals surface area contributed by atoms with Crippen LogP contribution in [0.15, 0.2) is 18.2 Å². The van der Waals surface area contributed by atoms with E-state index in [1.54, 1.807) is 0 Å². The van der Waals surface area contributed by atoms with Crippen molar-refractivity contribution >= 4 is 5.69 Å². The topological polar surface area (TPSA) is 30.5 Å². The summed E-state index contributed by atoms with van der Waals surface area (Å²) in [6.07, 6.45) is 6.91. The van der Waals surface area contributed by atoms with Crippen LogP contribution in [0.2, 0.25) is 0 Å². The first-order chi connectivity index (χ1) is 10.4. The Bertz CT molecular complexity index is 502. The standard InChI is InChI=1S/C18H25NO2/c1-3-14-4-2-9-19-17(14)16(5-1)15-6-10-21-18(13-15)7-11-20-12-8-18/h1,3,5,15,19H,2,4,6-13H2. The fraction of sp³-hybridized carbons (Fsp3) is 0.667. The maximum atomic E-state index is 6.20. The van der Waals surface area contributed by atoms with E-state index >= 15 is 0 Å². The van der Waals surface area contributed by atoms with Crippen LogP contribution in [0.3, 0.4) is 0 Å². The monoisotopic (exact) mass is 287 g/mol. The van der Waals surface area contributed by atoms with Gasteiger partial charge in [-0.05, 0) is 55.6 Å². The first-order valence-electron chi connectivity index (χ1n) is 8.44. The highest BCUT2D eigenvalue weighted by Crippen LogP contribution is 2.44. The quantitative estimate of drug-likeness (QED) is 0.857. The van der Waals surface area contributed by atoms with E-state index in [-0.39, 0.29) is 5.60 Å². The van der Waals surface area contributed by atoms with Crippen LogP contribution in [0.25, 0.3) is 0 Å². The molecule has 2 saturated heterocycles. The van der Waals surface area contributed by atoms with Gasteiger partial charge in [-0.2, -0.15) is 0 Å². The molecule has 1 spiro atoms. The van der Waals surface area contributed by atoms with Crippen LogP contribution in [-0.2, 0) is 15.9 Å². The number of ether oxygens (including phenoxy) is 2. The summed E-state index contributed by atoms with van der Waals surface area (Å²) in [7, 11) is 0. The number of hydrogen-bond acceptors (Lipinski definition) is 3. The lowest BCUT2D eigenvalue weighted by molar-refractivity contribution is -0.138. The first-order valence-corrected chi connectivity index (χ1v) is 8.44. The molecule has 1 N–H and O–H groups in total. The molecule has 3 aliphatic heterocycles. The van der Waals surface area contributed by atoms with Crippen molar-refractivity contribution < 1.29 is 9.47 Å². The van der Waals surface area contributed by atoms with Crippen molar-refractivity contribution in [3.05, 3.63) is 29.3 Å². The smallest absolute Gasteiger partial charge is 0.0732 e. The molecule has 3 aliphatic rings. The molecule has 3 nitrogen and oxygen atoms in total. The highest BCUT2D eigenvalue weighted by molar-refractivity contribution is 5.60. The molecular weight excluding hydrogens is 262 g/mol. The van der Waals surface area contributed by atoms with Crippen molar-refractivity contribution in [2.45, 2.75) is 50.0 Å². The van der Waals surface area contributed by atoms with E-state index in [1.807, 2.05) is 0 Å². The van der Waals surface area contributed by atoms with E-state index in [2.05, 4.69) is 23.5 Å². The SMILES string of the molecule is c1cc2c(c(C3CCOC4(CCOCC4)C3)c1)NCCC2. The highest BCUT2D eigenvalue weighted by atomic mass is 16.5. The largest absolute Gasteiger partial charge is 0.385 e. The molecule has 21 heavy (non-hydrogen) atoms. The molecule has 3 heteroatoms. The maximum Gasteiger partial charge on any atom is 0.0732 e. The Morgan fingerprint density at radius 3 is 2.95 bits per heavy atom. The van der Waals surface area contributed by atoms with Gasteiger partial charge in [0.05, 0.1) is 5.60 Å². The van der Waals surface area contributed by atoms with Crippen molar-refractivity contribution in [1.29, 1.82) is 0 Å². The summed E-state index contributed by atoms with van der Waals surface area (Å²) in [4.78, 5) is 0. The second kappa shape index (κ2) is 5.62. The molecule has 3 heterocycles. The number of fused-ring (bicyclic) bond motifs is 1. The zero-order valence-electron chi connectivity index (χ0n) is 12.7. The molecule has 0 radical (unpaired) electrons. The molecule has 1 aromatic carbocycles. The van der Waals surface area contributed by atoms with Crippen molar-refractivity contribution in [1.82, 2.24) is 0 Å². The predicted molar refractivity (Wildman–Crippen MR) is 84.0 cm³/mol. The summed E-state index contributed by atoms with van der Waals surface area (Å²) in [5, 5.41) is 3.65. The second-order valence-electron chi connectivity index (χ2n) is 6.75. The Kier molecular flexibility index (Phi) is 3.64. The minimum atomic E-state index is 0.0819. The van der Waals surface area contributed by atoms with Crippen LogP contribution < -0.4 is 5.32 Å². The van der Waals surface area contributed by atoms with Gasteiger partial charge in [-0.25, -0.2) is 0 Å². The third-order valence-electron chi connectivity index (χ3n) is 5.44. The molecule has 2 fully saturated rings. The third kappa shape index (κ3) is 2.58. The lowest BCUT2D eigenvalue weighted by Crippen LogP contribution is -2.44. The third-order valence-corrected chi connectivity index (χ3v) is 5.44. The molecule has 1 unspecified atom stereocenters. The number of aryl methyl sites for hydroxylation is 1. The van der Waals surface area contributed by atoms with E-state index in [1.165, 1.54) is 29.7 Å². The molecule has 0 saturated carbocycles. The Morgan fingerprint density at radius 2 is 2.05 bits per heavy atom. The van der Waals surface area contributed by atoms with E-state index in [9.17, 15) is 0 Å². The van der Waals surface area contributed by atoms with Gasteiger partial charge in [0.25, 0.3) is 0 Å². The van der Waals surface area contributed by atoms with Gasteiger partial charge in [0.15, 0.2) is 0 Å². The van der Waals surface area contributed by atoms with Gasteiger partial charge < -0.3 is 14.8 Å². The van der Waals surface area contributed by atoms with Crippen LogP contribution in [0, 0.1) is 0 Å². The number of hydrogen-bond donors (Lipinski definition) is 1. The average molecular weight is 287 g/mol. The van der Waals surface area contributed by atoms with Gasteiger partial charge in [-0.15, -0.1) is 0 Å². The van der Waals surface area contributed by atoms with E-state index in [0.717, 1.165) is 52.0 Å². The minimum absolute atomic E-state index is 0.0819. The molecule has 114 valence electrons. The first kappa shape index (κ1) is 13.6. The Morgan fingerprint density at radius 1 is 1.14 bits per heavy atom. The van der Waals surface area contributed by atoms with Crippen LogP contribution in [0.4, 0.5) is 5.69 Å². The minimum Gasteiger partial charge on any atom is -0.385 e. The predicted octanol–water partition coefficient (Wildman–Crippen LogP) is 3.49. The van der Waals surface area contributed by atoms with Crippen molar-refractivity contribution in [2.75, 3.05) is 31.7 Å². The van der Waals surface area contributed by atoms with E-state index in [4.69, 9.17) is 9.47 Å². The van der Waals surface area contributed by atoms with E-state index in [0.29, 0.717) is 5.92 Å². The molecule has 0 aromatic heterocycles. The van der Waals surface area contributed by atoms with Crippen LogP contribution in [0.1, 0.15) is 49.1 Å². The fourth-order valence-corrected chi connectivity index (χ4v) is 4.26. The van der Waals surface area contributed by atoms with Gasteiger partial charge in [0.2, 0.25) is 0 Å². The van der Waals surface area contributed by atoms with Gasteiger partial charge in [0, 0.05) is 32.1 Å². The van der Waals surface area contributed by atoms with Crippen LogP contribution in [0.5, 0.6) is 0 Å². The van der Waals surface area contributed by atoms with Gasteiger partial charge in [-0.1, -0.05) is 18.2 Å². The van der Waals surface area contributed by atoms with Gasteiger partial charge >= 0.3 is 0 Å². The van der Waals surface area contributed by atoms with Crippen LogP contribution in [-0.4, -0.2) is 32.0 Å². The summed E-state index contributed by atoms with van der Waals surface area (Å²) >= 11 is 0. The summed E-state index contributed by atoms with van der Waals surface area (Å²) in [5.41, 5.74) is 4.55. The Labute approximate surface area is 127 Å². The summed E-state index contributed by atoms with van der Waals surface area (Å²) in [6.45, 7) is 3.73. The number of benzene rings is 1. The Hall–Kier alpha value is -1.06. The zero-order chi connectivity index (χ0) is 14.1. The normalized spacial score (nSPS) is 27.9. The fourth-order valence-electron chi connectivity index (χ4n) is 4.26. The van der Waals surface area contributed by atoms with Gasteiger partial charge in [-0.3, -0.25) is 0 Å². The summed E-state index contributed by atoms with van der Waals surface area (Å²) < 4.78 is 11.7. The molecule has 0 amide bonds. The van der Waals surface area contributed by atoms with Crippen molar-refractivity contribution in [2.24, 2.45) is 0 Å². The van der Waals surface area contributed by atoms with E-state index < -0.39 is 0 Å². The molecular formula is C18H25NO2. The molecule has 0 aliphatic carbocycles. The molecule has 4 rings (SSSR count). The highest BCUT2D eigenvalue weighted by Gasteiger charge is 2.40. The number of anilines is 1. The maximum absolute atomic E-state index is 6.20. The number of para-hydroxylation sites is 1. The molecule has 0 bridgehead atoms. The van der Waals surface area contributed by atoms with Gasteiger partial charge in [0.1, 0.15) is 0 Å². The zero-order valence-corrected chi connectivity index (χ0v) is 12.7. The Balaban J connectivity index is 1.61. The van der Waals surface area contributed by atoms with Crippen LogP contribution >= 0.6 is 0 Å². The molecule has 1 aromatic rings. The number of nitrogens with one attached hydrogen (secondary N) is 1. The summed E-state index contributed by atoms with van der Waals surface area (Å²) in [6, 6.07) is 6.86. The van der Waals surface area contributed by atoms with Crippen molar-refractivity contribution in [3.63, 3.8) is 0 Å². The number of rotatable bonds is 1. The van der Waals surface area contributed by atoms with Crippen molar-refractivity contribution in [3.8, 4) is 0 Å². The second-order valence-corrected chi connectivity index (χ2v) is 6.75.